The normalized spacial score (nSPS) is 49.6. The van der Waals surface area contributed by atoms with Crippen molar-refractivity contribution in [3.63, 3.8) is 0 Å². The van der Waals surface area contributed by atoms with Crippen LogP contribution in [0.15, 0.2) is 11.1 Å². The number of nitriles is 1. The highest BCUT2D eigenvalue weighted by Gasteiger charge is 2.64. The highest BCUT2D eigenvalue weighted by atomic mass is 28.4. The Morgan fingerprint density at radius 2 is 1.92 bits per heavy atom. The number of allylic oxidation sites excluding steroid dienone is 1. The first-order valence-corrected chi connectivity index (χ1v) is 14.2. The maximum Gasteiger partial charge on any atom is 0.185 e. The van der Waals surface area contributed by atoms with Crippen LogP contribution in [-0.4, -0.2) is 26.1 Å². The lowest BCUT2D eigenvalue weighted by molar-refractivity contribution is -0.0370. The molecule has 4 aliphatic carbocycles. The summed E-state index contributed by atoms with van der Waals surface area (Å²) in [4.78, 5) is 0. The van der Waals surface area contributed by atoms with Crippen molar-refractivity contribution >= 4 is 8.32 Å². The van der Waals surface area contributed by atoms with Crippen molar-refractivity contribution in [2.75, 3.05) is 0 Å². The molecule has 7 atom stereocenters. The molecule has 0 spiro atoms. The fourth-order valence-corrected chi connectivity index (χ4v) is 8.65. The van der Waals surface area contributed by atoms with Gasteiger partial charge in [0, 0.05) is 5.41 Å². The van der Waals surface area contributed by atoms with Crippen LogP contribution >= 0.6 is 0 Å². The summed E-state index contributed by atoms with van der Waals surface area (Å²) in [6.45, 7) is 9.09. The van der Waals surface area contributed by atoms with Crippen molar-refractivity contribution in [3.8, 4) is 6.07 Å². The molecule has 5 aliphatic rings. The third-order valence-electron chi connectivity index (χ3n) is 8.41. The number of nitrogens with zero attached hydrogens (tertiary/aromatic N) is 1. The lowest BCUT2D eigenvalue weighted by atomic mass is 9.54. The van der Waals surface area contributed by atoms with E-state index in [-0.39, 0.29) is 5.41 Å². The van der Waals surface area contributed by atoms with E-state index >= 15 is 0 Å². The van der Waals surface area contributed by atoms with Crippen molar-refractivity contribution in [1.82, 2.24) is 0 Å². The summed E-state index contributed by atoms with van der Waals surface area (Å²) in [6.07, 6.45) is 10.7. The summed E-state index contributed by atoms with van der Waals surface area (Å²) >= 11 is 0. The standard InChI is InChI=1S/C22H33NO2Si/c1-21-9-7-15-16(6-5-14-11-19-20(24-19)12-17(14)15)18(21)8-10-22(21,13-23)25-26(2,3)4/h14,16,18-20H,5-12H2,1-4H3/t14?,16-,18+,19?,20?,21+,22?/m1/s1. The zero-order valence-electron chi connectivity index (χ0n) is 16.8. The molecule has 0 aromatic heterocycles. The van der Waals surface area contributed by atoms with E-state index in [0.717, 1.165) is 18.8 Å². The first kappa shape index (κ1) is 17.5. The van der Waals surface area contributed by atoms with Crippen LogP contribution in [-0.2, 0) is 9.16 Å². The van der Waals surface area contributed by atoms with Gasteiger partial charge in [-0.2, -0.15) is 5.26 Å². The van der Waals surface area contributed by atoms with Gasteiger partial charge in [0.15, 0.2) is 8.32 Å². The third-order valence-corrected chi connectivity index (χ3v) is 9.37. The molecule has 3 nitrogen and oxygen atoms in total. The summed E-state index contributed by atoms with van der Waals surface area (Å²) in [5.41, 5.74) is 3.05. The van der Waals surface area contributed by atoms with Gasteiger partial charge in [-0.15, -0.1) is 0 Å². The molecule has 0 aromatic rings. The first-order valence-electron chi connectivity index (χ1n) is 10.7. The summed E-state index contributed by atoms with van der Waals surface area (Å²) in [5.74, 6) is 2.14. The first-order chi connectivity index (χ1) is 12.3. The molecule has 26 heavy (non-hydrogen) atoms. The minimum atomic E-state index is -1.77. The molecule has 0 N–H and O–H groups in total. The van der Waals surface area contributed by atoms with E-state index in [1.54, 1.807) is 11.1 Å². The average molecular weight is 372 g/mol. The van der Waals surface area contributed by atoms with Gasteiger partial charge >= 0.3 is 0 Å². The summed E-state index contributed by atoms with van der Waals surface area (Å²) in [7, 11) is -1.77. The second-order valence-corrected chi connectivity index (χ2v) is 15.2. The van der Waals surface area contributed by atoms with Crippen molar-refractivity contribution in [2.45, 2.75) is 95.7 Å². The predicted octanol–water partition coefficient (Wildman–Crippen LogP) is 5.19. The van der Waals surface area contributed by atoms with Crippen molar-refractivity contribution < 1.29 is 9.16 Å². The molecule has 142 valence electrons. The molecule has 5 rings (SSSR count). The second-order valence-electron chi connectivity index (χ2n) is 10.8. The van der Waals surface area contributed by atoms with Crippen LogP contribution in [0, 0.1) is 34.5 Å². The molecular formula is C22H33NO2Si. The van der Waals surface area contributed by atoms with Gasteiger partial charge in [-0.3, -0.25) is 0 Å². The lowest BCUT2D eigenvalue weighted by Crippen LogP contribution is -2.54. The van der Waals surface area contributed by atoms with Crippen LogP contribution in [0.2, 0.25) is 19.6 Å². The third kappa shape index (κ3) is 2.36. The summed E-state index contributed by atoms with van der Waals surface area (Å²) in [5, 5.41) is 10.2. The molecule has 4 fully saturated rings. The highest BCUT2D eigenvalue weighted by Crippen LogP contribution is 2.65. The number of fused-ring (bicyclic) bond motifs is 5. The summed E-state index contributed by atoms with van der Waals surface area (Å²) < 4.78 is 12.5. The molecule has 0 amide bonds. The average Bonchev–Trinajstić information content (AvgIpc) is 3.28. The minimum absolute atomic E-state index is 0.0247. The Balaban J connectivity index is 1.49. The largest absolute Gasteiger partial charge is 0.399 e. The van der Waals surface area contributed by atoms with Crippen LogP contribution in [0.3, 0.4) is 0 Å². The van der Waals surface area contributed by atoms with E-state index < -0.39 is 13.9 Å². The molecule has 0 radical (unpaired) electrons. The molecule has 0 aromatic carbocycles. The van der Waals surface area contributed by atoms with Gasteiger partial charge in [0.25, 0.3) is 0 Å². The maximum atomic E-state index is 10.2. The number of ether oxygens (including phenoxy) is 1. The van der Waals surface area contributed by atoms with Gasteiger partial charge in [0.05, 0.1) is 18.3 Å². The monoisotopic (exact) mass is 371 g/mol. The number of hydrogen-bond donors (Lipinski definition) is 0. The molecule has 1 heterocycles. The van der Waals surface area contributed by atoms with E-state index in [9.17, 15) is 5.26 Å². The molecule has 0 bridgehead atoms. The van der Waals surface area contributed by atoms with E-state index in [1.165, 1.54) is 38.5 Å². The highest BCUT2D eigenvalue weighted by molar-refractivity contribution is 6.69. The fraction of sp³-hybridized carbons (Fsp3) is 0.864. The van der Waals surface area contributed by atoms with Gasteiger partial charge in [-0.1, -0.05) is 18.1 Å². The Morgan fingerprint density at radius 1 is 1.12 bits per heavy atom. The molecule has 3 saturated carbocycles. The zero-order chi connectivity index (χ0) is 18.3. The maximum absolute atomic E-state index is 10.2. The van der Waals surface area contributed by atoms with Crippen LogP contribution in [0.25, 0.3) is 0 Å². The predicted molar refractivity (Wildman–Crippen MR) is 104 cm³/mol. The number of rotatable bonds is 2. The quantitative estimate of drug-likeness (QED) is 0.381. The molecule has 4 unspecified atom stereocenters. The minimum Gasteiger partial charge on any atom is -0.399 e. The van der Waals surface area contributed by atoms with E-state index in [0.29, 0.717) is 24.0 Å². The fourth-order valence-electron chi connectivity index (χ4n) is 7.23. The van der Waals surface area contributed by atoms with Gasteiger partial charge < -0.3 is 9.16 Å². The molecular weight excluding hydrogens is 338 g/mol. The van der Waals surface area contributed by atoms with Crippen LogP contribution in [0.4, 0.5) is 0 Å². The van der Waals surface area contributed by atoms with Crippen molar-refractivity contribution in [1.29, 1.82) is 5.26 Å². The Kier molecular flexibility index (Phi) is 3.67. The SMILES string of the molecule is C[C@]12CCC3=C4CC5OC5CC4CC[C@H]3[C@@H]1CCC2(C#N)O[Si](C)(C)C. The number of hydrogen-bond acceptors (Lipinski definition) is 3. The van der Waals surface area contributed by atoms with E-state index in [1.807, 2.05) is 0 Å². The van der Waals surface area contributed by atoms with Crippen molar-refractivity contribution in [3.05, 3.63) is 11.1 Å². The van der Waals surface area contributed by atoms with Gasteiger partial charge in [0.2, 0.25) is 0 Å². The Morgan fingerprint density at radius 3 is 2.65 bits per heavy atom. The topological polar surface area (TPSA) is 45.5 Å². The van der Waals surface area contributed by atoms with Gasteiger partial charge in [0.1, 0.15) is 5.60 Å². The summed E-state index contributed by atoms with van der Waals surface area (Å²) in [6, 6.07) is 2.72. The molecule has 4 heteroatoms. The van der Waals surface area contributed by atoms with Crippen LogP contribution in [0.5, 0.6) is 0 Å². The molecule has 1 saturated heterocycles. The van der Waals surface area contributed by atoms with E-state index in [4.69, 9.17) is 9.16 Å². The van der Waals surface area contributed by atoms with Crippen LogP contribution < -0.4 is 0 Å². The Hall–Kier alpha value is -0.633. The van der Waals surface area contributed by atoms with Gasteiger partial charge in [-0.05, 0) is 88.8 Å². The second kappa shape index (κ2) is 5.46. The zero-order valence-corrected chi connectivity index (χ0v) is 17.8. The van der Waals surface area contributed by atoms with Gasteiger partial charge in [-0.25, -0.2) is 0 Å². The molecule has 1 aliphatic heterocycles. The lowest BCUT2D eigenvalue weighted by Gasteiger charge is -2.53. The van der Waals surface area contributed by atoms with Crippen LogP contribution in [0.1, 0.15) is 58.3 Å². The smallest absolute Gasteiger partial charge is 0.185 e. The van der Waals surface area contributed by atoms with Crippen molar-refractivity contribution in [2.24, 2.45) is 23.2 Å². The Bertz CT molecular complexity index is 704. The van der Waals surface area contributed by atoms with E-state index in [2.05, 4.69) is 32.6 Å². The number of epoxide rings is 1. The Labute approximate surface area is 159 Å².